The normalized spacial score (nSPS) is 21.5. The van der Waals surface area contributed by atoms with Gasteiger partial charge in [0.15, 0.2) is 0 Å². The van der Waals surface area contributed by atoms with Crippen molar-refractivity contribution >= 4 is 0 Å². The van der Waals surface area contributed by atoms with Crippen LogP contribution in [-0.2, 0) is 6.42 Å². The molecule has 1 aromatic rings. The van der Waals surface area contributed by atoms with E-state index < -0.39 is 0 Å². The Hall–Kier alpha value is -0.930. The van der Waals surface area contributed by atoms with Crippen molar-refractivity contribution in [3.05, 3.63) is 35.6 Å². The van der Waals surface area contributed by atoms with E-state index in [4.69, 9.17) is 5.73 Å². The topological polar surface area (TPSA) is 29.3 Å². The third-order valence-corrected chi connectivity index (χ3v) is 3.31. The van der Waals surface area contributed by atoms with Crippen molar-refractivity contribution in [1.82, 2.24) is 4.90 Å². The zero-order valence-electron chi connectivity index (χ0n) is 9.53. The number of likely N-dealkylation sites (tertiary alicyclic amines) is 1. The summed E-state index contributed by atoms with van der Waals surface area (Å²) in [5.41, 5.74) is 6.73. The van der Waals surface area contributed by atoms with E-state index in [0.29, 0.717) is 5.92 Å². The van der Waals surface area contributed by atoms with Crippen LogP contribution in [0.2, 0.25) is 0 Å². The van der Waals surface area contributed by atoms with Crippen LogP contribution < -0.4 is 5.73 Å². The molecule has 1 aliphatic rings. The molecule has 1 fully saturated rings. The summed E-state index contributed by atoms with van der Waals surface area (Å²) in [5, 5.41) is 0. The lowest BCUT2D eigenvalue weighted by molar-refractivity contribution is 0.329. The smallest absolute Gasteiger partial charge is 0.123 e. The van der Waals surface area contributed by atoms with Crippen LogP contribution in [0.3, 0.4) is 0 Å². The number of halogens is 1. The lowest BCUT2D eigenvalue weighted by Gasteiger charge is -2.15. The maximum absolute atomic E-state index is 13.0. The third kappa shape index (κ3) is 3.03. The molecular weight excluding hydrogens is 203 g/mol. The molecule has 1 saturated heterocycles. The fourth-order valence-electron chi connectivity index (χ4n) is 2.29. The van der Waals surface area contributed by atoms with Gasteiger partial charge in [0.05, 0.1) is 0 Å². The van der Waals surface area contributed by atoms with Crippen molar-refractivity contribution < 1.29 is 4.39 Å². The molecule has 0 radical (unpaired) electrons. The van der Waals surface area contributed by atoms with Gasteiger partial charge in [0.1, 0.15) is 5.82 Å². The molecule has 0 aliphatic carbocycles. The van der Waals surface area contributed by atoms with Gasteiger partial charge in [0, 0.05) is 13.1 Å². The van der Waals surface area contributed by atoms with E-state index >= 15 is 0 Å². The first-order chi connectivity index (χ1) is 7.78. The Morgan fingerprint density at radius 3 is 3.00 bits per heavy atom. The standard InChI is InChI=1S/C13H19FN2/c14-13-3-1-2-11(8-13)4-6-16-7-5-12(9-15)10-16/h1-3,8,12H,4-7,9-10,15H2. The summed E-state index contributed by atoms with van der Waals surface area (Å²) < 4.78 is 13.0. The van der Waals surface area contributed by atoms with Gasteiger partial charge in [0.2, 0.25) is 0 Å². The number of hydrogen-bond acceptors (Lipinski definition) is 2. The van der Waals surface area contributed by atoms with Crippen LogP contribution in [-0.4, -0.2) is 31.1 Å². The average molecular weight is 222 g/mol. The summed E-state index contributed by atoms with van der Waals surface area (Å²) >= 11 is 0. The highest BCUT2D eigenvalue weighted by molar-refractivity contribution is 5.16. The van der Waals surface area contributed by atoms with E-state index in [9.17, 15) is 4.39 Å². The second-order valence-corrected chi connectivity index (χ2v) is 4.57. The van der Waals surface area contributed by atoms with Crippen molar-refractivity contribution in [3.63, 3.8) is 0 Å². The van der Waals surface area contributed by atoms with Crippen molar-refractivity contribution in [3.8, 4) is 0 Å². The molecule has 1 aromatic carbocycles. The Kier molecular flexibility index (Phi) is 3.91. The first-order valence-electron chi connectivity index (χ1n) is 5.95. The molecule has 1 aliphatic heterocycles. The number of nitrogens with two attached hydrogens (primary N) is 1. The minimum Gasteiger partial charge on any atom is -0.330 e. The molecular formula is C13H19FN2. The summed E-state index contributed by atoms with van der Waals surface area (Å²) in [4.78, 5) is 2.42. The summed E-state index contributed by atoms with van der Waals surface area (Å²) in [6.07, 6.45) is 2.13. The molecule has 2 N–H and O–H groups in total. The third-order valence-electron chi connectivity index (χ3n) is 3.31. The van der Waals surface area contributed by atoms with Crippen LogP contribution in [0.5, 0.6) is 0 Å². The Morgan fingerprint density at radius 2 is 2.31 bits per heavy atom. The lowest BCUT2D eigenvalue weighted by Crippen LogP contribution is -2.25. The van der Waals surface area contributed by atoms with E-state index in [1.165, 1.54) is 12.5 Å². The molecule has 16 heavy (non-hydrogen) atoms. The van der Waals surface area contributed by atoms with E-state index in [1.807, 2.05) is 6.07 Å². The van der Waals surface area contributed by atoms with Crippen LogP contribution >= 0.6 is 0 Å². The van der Waals surface area contributed by atoms with Gasteiger partial charge in [-0.15, -0.1) is 0 Å². The molecule has 2 rings (SSSR count). The van der Waals surface area contributed by atoms with Crippen LogP contribution in [0.15, 0.2) is 24.3 Å². The van der Waals surface area contributed by atoms with Gasteiger partial charge >= 0.3 is 0 Å². The molecule has 2 nitrogen and oxygen atoms in total. The van der Waals surface area contributed by atoms with Gasteiger partial charge in [0.25, 0.3) is 0 Å². The van der Waals surface area contributed by atoms with Gasteiger partial charge in [-0.2, -0.15) is 0 Å². The molecule has 0 saturated carbocycles. The maximum Gasteiger partial charge on any atom is 0.123 e. The minimum atomic E-state index is -0.140. The predicted octanol–water partition coefficient (Wildman–Crippen LogP) is 1.65. The first kappa shape index (κ1) is 11.6. The highest BCUT2D eigenvalue weighted by Crippen LogP contribution is 2.15. The first-order valence-corrected chi connectivity index (χ1v) is 5.95. The molecule has 88 valence electrons. The van der Waals surface area contributed by atoms with E-state index in [1.54, 1.807) is 12.1 Å². The van der Waals surface area contributed by atoms with Gasteiger partial charge in [-0.1, -0.05) is 12.1 Å². The highest BCUT2D eigenvalue weighted by atomic mass is 19.1. The number of hydrogen-bond donors (Lipinski definition) is 1. The Labute approximate surface area is 96.2 Å². The zero-order valence-corrected chi connectivity index (χ0v) is 9.53. The van der Waals surface area contributed by atoms with Crippen LogP contribution in [0.1, 0.15) is 12.0 Å². The van der Waals surface area contributed by atoms with Crippen LogP contribution in [0, 0.1) is 11.7 Å². The van der Waals surface area contributed by atoms with Crippen LogP contribution in [0.4, 0.5) is 4.39 Å². The monoisotopic (exact) mass is 222 g/mol. The Bertz CT molecular complexity index is 340. The Balaban J connectivity index is 1.80. The summed E-state index contributed by atoms with van der Waals surface area (Å²) in [6.45, 7) is 4.04. The molecule has 0 spiro atoms. The van der Waals surface area contributed by atoms with Crippen LogP contribution in [0.25, 0.3) is 0 Å². The minimum absolute atomic E-state index is 0.140. The molecule has 1 unspecified atom stereocenters. The van der Waals surface area contributed by atoms with E-state index in [-0.39, 0.29) is 5.82 Å². The maximum atomic E-state index is 13.0. The number of rotatable bonds is 4. The van der Waals surface area contributed by atoms with Crippen molar-refractivity contribution in [2.45, 2.75) is 12.8 Å². The fourth-order valence-corrected chi connectivity index (χ4v) is 2.29. The van der Waals surface area contributed by atoms with Gasteiger partial charge < -0.3 is 10.6 Å². The van der Waals surface area contributed by atoms with Gasteiger partial charge in [-0.05, 0) is 49.5 Å². The Morgan fingerprint density at radius 1 is 1.44 bits per heavy atom. The van der Waals surface area contributed by atoms with Gasteiger partial charge in [-0.25, -0.2) is 4.39 Å². The second-order valence-electron chi connectivity index (χ2n) is 4.57. The van der Waals surface area contributed by atoms with Crippen molar-refractivity contribution in [2.24, 2.45) is 11.7 Å². The van der Waals surface area contributed by atoms with Crippen molar-refractivity contribution in [1.29, 1.82) is 0 Å². The lowest BCUT2D eigenvalue weighted by atomic mass is 10.1. The van der Waals surface area contributed by atoms with E-state index in [0.717, 1.165) is 38.2 Å². The average Bonchev–Trinajstić information content (AvgIpc) is 2.74. The molecule has 3 heteroatoms. The SMILES string of the molecule is NCC1CCN(CCc2cccc(F)c2)C1. The fraction of sp³-hybridized carbons (Fsp3) is 0.538. The highest BCUT2D eigenvalue weighted by Gasteiger charge is 2.20. The molecule has 0 bridgehead atoms. The molecule has 0 aromatic heterocycles. The zero-order chi connectivity index (χ0) is 11.4. The molecule has 0 amide bonds. The van der Waals surface area contributed by atoms with E-state index in [2.05, 4.69) is 4.90 Å². The largest absolute Gasteiger partial charge is 0.330 e. The summed E-state index contributed by atoms with van der Waals surface area (Å²) in [6, 6.07) is 6.87. The summed E-state index contributed by atoms with van der Waals surface area (Å²) in [5.74, 6) is 0.520. The quantitative estimate of drug-likeness (QED) is 0.839. The van der Waals surface area contributed by atoms with Crippen molar-refractivity contribution in [2.75, 3.05) is 26.2 Å². The number of nitrogens with zero attached hydrogens (tertiary/aromatic N) is 1. The molecule has 1 heterocycles. The molecule has 1 atom stereocenters. The second kappa shape index (κ2) is 5.41. The summed E-state index contributed by atoms with van der Waals surface area (Å²) in [7, 11) is 0. The predicted molar refractivity (Wildman–Crippen MR) is 63.7 cm³/mol. The van der Waals surface area contributed by atoms with Gasteiger partial charge in [-0.3, -0.25) is 0 Å². The number of benzene rings is 1.